The van der Waals surface area contributed by atoms with Gasteiger partial charge in [-0.1, -0.05) is 18.2 Å². The standard InChI is InChI=1S/C23H23N7O5/c1-14(15-6-7-18-19(10-15)35-9-8-34-18)25-20(31)12-29-21(32)23(2,26-22(29)33)16-4-3-5-17(11-16)30-13-24-27-28-30/h3-7,10-11,13-14H,8-9,12H2,1-2H3,(H,25,31)(H,26,33)/t14-,23+/m1/s1. The molecule has 35 heavy (non-hydrogen) atoms. The maximum atomic E-state index is 13.3. The molecule has 0 bridgehead atoms. The maximum absolute atomic E-state index is 13.3. The lowest BCUT2D eigenvalue weighted by atomic mass is 9.91. The number of nitrogens with zero attached hydrogens (tertiary/aromatic N) is 5. The number of tetrazole rings is 1. The van der Waals surface area contributed by atoms with Crippen molar-refractivity contribution in [2.45, 2.75) is 25.4 Å². The Labute approximate surface area is 200 Å². The van der Waals surface area contributed by atoms with Gasteiger partial charge in [-0.25, -0.2) is 9.48 Å². The topological polar surface area (TPSA) is 141 Å². The third-order valence-corrected chi connectivity index (χ3v) is 6.06. The van der Waals surface area contributed by atoms with Crippen LogP contribution in [-0.4, -0.2) is 62.7 Å². The number of carbonyl (C=O) groups is 3. The molecule has 5 rings (SSSR count). The molecule has 4 amide bonds. The Hall–Kier alpha value is -4.48. The summed E-state index contributed by atoms with van der Waals surface area (Å²) in [7, 11) is 0. The molecule has 12 nitrogen and oxygen atoms in total. The van der Waals surface area contributed by atoms with Crippen LogP contribution in [0.4, 0.5) is 4.79 Å². The number of amides is 4. The smallest absolute Gasteiger partial charge is 0.325 e. The van der Waals surface area contributed by atoms with E-state index >= 15 is 0 Å². The maximum Gasteiger partial charge on any atom is 0.325 e. The Bertz CT molecular complexity index is 1300. The number of urea groups is 1. The number of ether oxygens (including phenoxy) is 2. The van der Waals surface area contributed by atoms with Gasteiger partial charge in [-0.2, -0.15) is 0 Å². The fourth-order valence-corrected chi connectivity index (χ4v) is 4.12. The first-order chi connectivity index (χ1) is 16.8. The van der Waals surface area contributed by atoms with E-state index in [-0.39, 0.29) is 6.04 Å². The highest BCUT2D eigenvalue weighted by Crippen LogP contribution is 2.33. The first-order valence-electron chi connectivity index (χ1n) is 11.0. The Morgan fingerprint density at radius 2 is 1.97 bits per heavy atom. The molecule has 12 heteroatoms. The number of aromatic nitrogens is 4. The van der Waals surface area contributed by atoms with Gasteiger partial charge in [0.15, 0.2) is 11.5 Å². The van der Waals surface area contributed by atoms with Crippen LogP contribution < -0.4 is 20.1 Å². The van der Waals surface area contributed by atoms with Crippen LogP contribution in [0.2, 0.25) is 0 Å². The Morgan fingerprint density at radius 3 is 2.74 bits per heavy atom. The molecule has 1 fully saturated rings. The van der Waals surface area contributed by atoms with Crippen LogP contribution in [-0.2, 0) is 15.1 Å². The average Bonchev–Trinajstić information content (AvgIpc) is 3.48. The van der Waals surface area contributed by atoms with Crippen LogP contribution in [0.3, 0.4) is 0 Å². The summed E-state index contributed by atoms with van der Waals surface area (Å²) in [5, 5.41) is 16.6. The molecule has 180 valence electrons. The van der Waals surface area contributed by atoms with E-state index in [1.807, 2.05) is 19.1 Å². The summed E-state index contributed by atoms with van der Waals surface area (Å²) in [5.41, 5.74) is 0.628. The summed E-state index contributed by atoms with van der Waals surface area (Å²) in [6.07, 6.45) is 1.43. The molecule has 0 aliphatic carbocycles. The van der Waals surface area contributed by atoms with Crippen LogP contribution >= 0.6 is 0 Å². The molecular formula is C23H23N7O5. The van der Waals surface area contributed by atoms with E-state index < -0.39 is 29.9 Å². The second-order valence-corrected chi connectivity index (χ2v) is 8.44. The Morgan fingerprint density at radius 1 is 1.17 bits per heavy atom. The predicted octanol–water partition coefficient (Wildman–Crippen LogP) is 1.08. The van der Waals surface area contributed by atoms with Crippen molar-refractivity contribution in [3.8, 4) is 17.2 Å². The summed E-state index contributed by atoms with van der Waals surface area (Å²) in [4.78, 5) is 39.6. The highest BCUT2D eigenvalue weighted by Gasteiger charge is 2.49. The third kappa shape index (κ3) is 4.14. The van der Waals surface area contributed by atoms with Crippen molar-refractivity contribution < 1.29 is 23.9 Å². The zero-order valence-electron chi connectivity index (χ0n) is 19.1. The van der Waals surface area contributed by atoms with Crippen molar-refractivity contribution in [1.29, 1.82) is 0 Å². The van der Waals surface area contributed by atoms with Crippen LogP contribution in [0.25, 0.3) is 5.69 Å². The summed E-state index contributed by atoms with van der Waals surface area (Å²) in [5.74, 6) is 0.269. The van der Waals surface area contributed by atoms with E-state index in [1.165, 1.54) is 11.0 Å². The van der Waals surface area contributed by atoms with Crippen LogP contribution in [0.15, 0.2) is 48.8 Å². The van der Waals surface area contributed by atoms with Crippen LogP contribution in [0.1, 0.15) is 31.0 Å². The molecule has 2 aromatic carbocycles. The summed E-state index contributed by atoms with van der Waals surface area (Å²) in [6.45, 7) is 3.94. The fraction of sp³-hybridized carbons (Fsp3) is 0.304. The van der Waals surface area contributed by atoms with E-state index in [0.717, 1.165) is 10.5 Å². The SMILES string of the molecule is C[C@@H](NC(=O)CN1C(=O)N[C@@](C)(c2cccc(-n3cnnn3)c2)C1=O)c1ccc2c(c1)OCCO2. The molecule has 0 spiro atoms. The normalized spacial score (nSPS) is 19.9. The first kappa shape index (κ1) is 22.3. The highest BCUT2D eigenvalue weighted by atomic mass is 16.6. The van der Waals surface area contributed by atoms with Gasteiger partial charge in [0.2, 0.25) is 5.91 Å². The second-order valence-electron chi connectivity index (χ2n) is 8.44. The number of benzene rings is 2. The monoisotopic (exact) mass is 477 g/mol. The van der Waals surface area contributed by atoms with E-state index in [2.05, 4.69) is 26.2 Å². The van der Waals surface area contributed by atoms with Gasteiger partial charge in [0.1, 0.15) is 31.6 Å². The fourth-order valence-electron chi connectivity index (χ4n) is 4.12. The molecule has 2 N–H and O–H groups in total. The quantitative estimate of drug-likeness (QED) is 0.503. The molecule has 0 unspecified atom stereocenters. The Balaban J connectivity index is 1.28. The predicted molar refractivity (Wildman–Crippen MR) is 121 cm³/mol. The highest BCUT2D eigenvalue weighted by molar-refractivity contribution is 6.09. The molecule has 1 saturated heterocycles. The van der Waals surface area contributed by atoms with Gasteiger partial charge < -0.3 is 20.1 Å². The summed E-state index contributed by atoms with van der Waals surface area (Å²) >= 11 is 0. The molecule has 2 aliphatic rings. The van der Waals surface area contributed by atoms with Gasteiger partial charge in [0, 0.05) is 0 Å². The van der Waals surface area contributed by atoms with Gasteiger partial charge in [-0.3, -0.25) is 14.5 Å². The van der Waals surface area contributed by atoms with E-state index in [0.29, 0.717) is 36.0 Å². The molecule has 2 aliphatic heterocycles. The summed E-state index contributed by atoms with van der Waals surface area (Å²) in [6, 6.07) is 11.4. The van der Waals surface area contributed by atoms with Crippen molar-refractivity contribution in [1.82, 2.24) is 35.7 Å². The van der Waals surface area contributed by atoms with Crippen molar-refractivity contribution >= 4 is 17.8 Å². The molecular weight excluding hydrogens is 454 g/mol. The first-order valence-corrected chi connectivity index (χ1v) is 11.0. The summed E-state index contributed by atoms with van der Waals surface area (Å²) < 4.78 is 12.6. The zero-order valence-corrected chi connectivity index (χ0v) is 19.1. The minimum atomic E-state index is -1.34. The average molecular weight is 477 g/mol. The largest absolute Gasteiger partial charge is 0.486 e. The number of hydrogen-bond donors (Lipinski definition) is 2. The number of carbonyl (C=O) groups excluding carboxylic acids is 3. The lowest BCUT2D eigenvalue weighted by molar-refractivity contribution is -0.135. The Kier molecular flexibility index (Phi) is 5.55. The molecule has 2 atom stereocenters. The lowest BCUT2D eigenvalue weighted by Crippen LogP contribution is -2.43. The molecule has 3 aromatic rings. The van der Waals surface area contributed by atoms with Gasteiger partial charge in [0.25, 0.3) is 5.91 Å². The van der Waals surface area contributed by atoms with E-state index in [9.17, 15) is 14.4 Å². The van der Waals surface area contributed by atoms with E-state index in [4.69, 9.17) is 9.47 Å². The zero-order chi connectivity index (χ0) is 24.6. The van der Waals surface area contributed by atoms with Crippen molar-refractivity contribution in [2.75, 3.05) is 19.8 Å². The van der Waals surface area contributed by atoms with Gasteiger partial charge in [0.05, 0.1) is 11.7 Å². The molecule has 0 saturated carbocycles. The lowest BCUT2D eigenvalue weighted by Gasteiger charge is -2.23. The number of nitrogens with one attached hydrogen (secondary N) is 2. The minimum absolute atomic E-state index is 0.376. The molecule has 3 heterocycles. The minimum Gasteiger partial charge on any atom is -0.486 e. The van der Waals surface area contributed by atoms with Crippen molar-refractivity contribution in [2.24, 2.45) is 0 Å². The van der Waals surface area contributed by atoms with Crippen molar-refractivity contribution in [3.05, 3.63) is 59.9 Å². The van der Waals surface area contributed by atoms with E-state index in [1.54, 1.807) is 37.3 Å². The second kappa shape index (κ2) is 8.70. The van der Waals surface area contributed by atoms with Crippen LogP contribution in [0, 0.1) is 0 Å². The van der Waals surface area contributed by atoms with Gasteiger partial charge >= 0.3 is 6.03 Å². The number of hydrogen-bond acceptors (Lipinski definition) is 8. The number of imide groups is 1. The molecule has 0 radical (unpaired) electrons. The molecule has 1 aromatic heterocycles. The number of fused-ring (bicyclic) bond motifs is 1. The van der Waals surface area contributed by atoms with Crippen LogP contribution in [0.5, 0.6) is 11.5 Å². The van der Waals surface area contributed by atoms with Crippen molar-refractivity contribution in [3.63, 3.8) is 0 Å². The number of rotatable bonds is 6. The third-order valence-electron chi connectivity index (χ3n) is 6.06. The van der Waals surface area contributed by atoms with Gasteiger partial charge in [-0.05, 0) is 59.7 Å². The van der Waals surface area contributed by atoms with Gasteiger partial charge in [-0.15, -0.1) is 5.10 Å².